The maximum absolute atomic E-state index is 13.3. The van der Waals surface area contributed by atoms with E-state index in [0.29, 0.717) is 19.4 Å². The highest BCUT2D eigenvalue weighted by molar-refractivity contribution is 5.93. The zero-order valence-electron chi connectivity index (χ0n) is 11.6. The van der Waals surface area contributed by atoms with E-state index in [2.05, 4.69) is 5.32 Å². The van der Waals surface area contributed by atoms with E-state index in [9.17, 15) is 19.1 Å². The number of hydrogen-bond donors (Lipinski definition) is 3. The molecule has 6 nitrogen and oxygen atoms in total. The average molecular weight is 296 g/mol. The van der Waals surface area contributed by atoms with Gasteiger partial charge in [-0.15, -0.1) is 0 Å². The van der Waals surface area contributed by atoms with Crippen LogP contribution < -0.4 is 5.32 Å². The number of rotatable bonds is 2. The number of anilines is 1. The van der Waals surface area contributed by atoms with Crippen molar-refractivity contribution >= 4 is 17.7 Å². The number of nitrogens with one attached hydrogen (secondary N) is 1. The minimum Gasteiger partial charge on any atom is -0.478 e. The fourth-order valence-corrected chi connectivity index (χ4v) is 2.36. The minimum absolute atomic E-state index is 0.198. The molecule has 1 unspecified atom stereocenters. The summed E-state index contributed by atoms with van der Waals surface area (Å²) in [6.45, 7) is 2.37. The van der Waals surface area contributed by atoms with Gasteiger partial charge in [-0.2, -0.15) is 0 Å². The van der Waals surface area contributed by atoms with Crippen LogP contribution >= 0.6 is 0 Å². The summed E-state index contributed by atoms with van der Waals surface area (Å²) in [5.74, 6) is -2.26. The summed E-state index contributed by atoms with van der Waals surface area (Å²) < 4.78 is 13.3. The Morgan fingerprint density at radius 2 is 2.14 bits per heavy atom. The second-order valence-electron chi connectivity index (χ2n) is 5.45. The van der Waals surface area contributed by atoms with Gasteiger partial charge in [0.1, 0.15) is 5.82 Å². The second kappa shape index (κ2) is 5.69. The van der Waals surface area contributed by atoms with Crippen LogP contribution in [0.15, 0.2) is 18.2 Å². The number of piperidine rings is 1. The molecule has 1 atom stereocenters. The number of hydrogen-bond acceptors (Lipinski definition) is 3. The van der Waals surface area contributed by atoms with E-state index >= 15 is 0 Å². The van der Waals surface area contributed by atoms with Gasteiger partial charge in [0.2, 0.25) is 0 Å². The van der Waals surface area contributed by atoms with Crippen molar-refractivity contribution in [3.05, 3.63) is 29.6 Å². The molecule has 1 aromatic rings. The largest absolute Gasteiger partial charge is 0.478 e. The van der Waals surface area contributed by atoms with Gasteiger partial charge >= 0.3 is 12.0 Å². The highest BCUT2D eigenvalue weighted by Crippen LogP contribution is 2.21. The van der Waals surface area contributed by atoms with Crippen molar-refractivity contribution in [3.63, 3.8) is 0 Å². The van der Waals surface area contributed by atoms with Gasteiger partial charge in [0.25, 0.3) is 0 Å². The van der Waals surface area contributed by atoms with Crippen molar-refractivity contribution in [3.8, 4) is 0 Å². The van der Waals surface area contributed by atoms with E-state index in [0.717, 1.165) is 12.1 Å². The smallest absolute Gasteiger partial charge is 0.338 e. The summed E-state index contributed by atoms with van der Waals surface area (Å²) in [4.78, 5) is 24.4. The molecule has 1 fully saturated rings. The monoisotopic (exact) mass is 296 g/mol. The van der Waals surface area contributed by atoms with Crippen molar-refractivity contribution in [2.45, 2.75) is 25.4 Å². The molecule has 2 rings (SSSR count). The SMILES string of the molecule is CC1(O)CCCN(C(=O)Nc2ccc(F)c(C(=O)O)c2)C1. The molecule has 1 aromatic carbocycles. The molecule has 0 aromatic heterocycles. The lowest BCUT2D eigenvalue weighted by atomic mass is 9.95. The predicted octanol–water partition coefficient (Wildman–Crippen LogP) is 1.90. The number of carbonyl (C=O) groups excluding carboxylic acids is 1. The summed E-state index contributed by atoms with van der Waals surface area (Å²) in [5.41, 5.74) is -1.23. The normalized spacial score (nSPS) is 22.0. The van der Waals surface area contributed by atoms with Crippen molar-refractivity contribution in [1.29, 1.82) is 0 Å². The van der Waals surface area contributed by atoms with Crippen LogP contribution in [0, 0.1) is 5.82 Å². The van der Waals surface area contributed by atoms with Crippen molar-refractivity contribution in [1.82, 2.24) is 4.90 Å². The zero-order chi connectivity index (χ0) is 15.6. The first-order chi connectivity index (χ1) is 9.78. The molecule has 7 heteroatoms. The van der Waals surface area contributed by atoms with Crippen LogP contribution in [-0.4, -0.2) is 45.8 Å². The Morgan fingerprint density at radius 1 is 1.43 bits per heavy atom. The van der Waals surface area contributed by atoms with Gasteiger partial charge in [0, 0.05) is 12.2 Å². The van der Waals surface area contributed by atoms with Crippen LogP contribution in [0.4, 0.5) is 14.9 Å². The first-order valence-corrected chi connectivity index (χ1v) is 6.60. The summed E-state index contributed by atoms with van der Waals surface area (Å²) in [6.07, 6.45) is 1.31. The third kappa shape index (κ3) is 3.69. The average Bonchev–Trinajstić information content (AvgIpc) is 2.39. The molecule has 114 valence electrons. The number of carbonyl (C=O) groups is 2. The van der Waals surface area contributed by atoms with Crippen LogP contribution in [-0.2, 0) is 0 Å². The van der Waals surface area contributed by atoms with Gasteiger partial charge < -0.3 is 20.4 Å². The highest BCUT2D eigenvalue weighted by atomic mass is 19.1. The molecular weight excluding hydrogens is 279 g/mol. The molecule has 2 amide bonds. The Bertz CT molecular complexity index is 574. The molecule has 0 spiro atoms. The molecule has 1 aliphatic rings. The molecule has 0 bridgehead atoms. The third-order valence-electron chi connectivity index (χ3n) is 3.41. The van der Waals surface area contributed by atoms with Crippen LogP contribution in [0.25, 0.3) is 0 Å². The number of halogens is 1. The van der Waals surface area contributed by atoms with Crippen LogP contribution in [0.5, 0.6) is 0 Å². The number of benzene rings is 1. The predicted molar refractivity (Wildman–Crippen MR) is 73.8 cm³/mol. The number of urea groups is 1. The lowest BCUT2D eigenvalue weighted by Crippen LogP contribution is -2.49. The number of aromatic carboxylic acids is 1. The van der Waals surface area contributed by atoms with E-state index in [1.165, 1.54) is 11.0 Å². The lowest BCUT2D eigenvalue weighted by Gasteiger charge is -2.36. The summed E-state index contributed by atoms with van der Waals surface area (Å²) in [7, 11) is 0. The third-order valence-corrected chi connectivity index (χ3v) is 3.41. The van der Waals surface area contributed by atoms with Gasteiger partial charge in [-0.05, 0) is 38.0 Å². The van der Waals surface area contributed by atoms with Crippen molar-refractivity contribution in [2.24, 2.45) is 0 Å². The number of carboxylic acid groups (broad SMARTS) is 1. The number of likely N-dealkylation sites (tertiary alicyclic amines) is 1. The van der Waals surface area contributed by atoms with Gasteiger partial charge in [0.15, 0.2) is 0 Å². The summed E-state index contributed by atoms with van der Waals surface area (Å²) in [6, 6.07) is 2.91. The molecule has 1 heterocycles. The van der Waals surface area contributed by atoms with Gasteiger partial charge in [-0.1, -0.05) is 0 Å². The maximum Gasteiger partial charge on any atom is 0.338 e. The number of β-amino-alcohol motifs (C(OH)–C–C–N with tert-alkyl or cyclic N) is 1. The number of amides is 2. The first kappa shape index (κ1) is 15.2. The van der Waals surface area contributed by atoms with Gasteiger partial charge in [-0.25, -0.2) is 14.0 Å². The number of carboxylic acids is 1. The quantitative estimate of drug-likeness (QED) is 0.777. The van der Waals surface area contributed by atoms with Crippen molar-refractivity contribution in [2.75, 3.05) is 18.4 Å². The molecular formula is C14H17FN2O4. The zero-order valence-corrected chi connectivity index (χ0v) is 11.6. The number of aliphatic hydroxyl groups is 1. The van der Waals surface area contributed by atoms with Gasteiger partial charge in [-0.3, -0.25) is 0 Å². The number of nitrogens with zero attached hydrogens (tertiary/aromatic N) is 1. The van der Waals surface area contributed by atoms with Crippen LogP contribution in [0.2, 0.25) is 0 Å². The molecule has 0 saturated carbocycles. The van der Waals surface area contributed by atoms with E-state index in [-0.39, 0.29) is 12.2 Å². The Morgan fingerprint density at radius 3 is 2.76 bits per heavy atom. The molecule has 1 saturated heterocycles. The van der Waals surface area contributed by atoms with Crippen molar-refractivity contribution < 1.29 is 24.2 Å². The van der Waals surface area contributed by atoms with E-state index in [4.69, 9.17) is 5.11 Å². The highest BCUT2D eigenvalue weighted by Gasteiger charge is 2.31. The lowest BCUT2D eigenvalue weighted by molar-refractivity contribution is -0.000636. The minimum atomic E-state index is -1.40. The molecule has 0 radical (unpaired) electrons. The summed E-state index contributed by atoms with van der Waals surface area (Å²) in [5, 5.41) is 21.3. The molecule has 21 heavy (non-hydrogen) atoms. The van der Waals surface area contributed by atoms with Gasteiger partial charge in [0.05, 0.1) is 17.7 Å². The Kier molecular flexibility index (Phi) is 4.13. The molecule has 0 aliphatic carbocycles. The van der Waals surface area contributed by atoms with E-state index in [1.54, 1.807) is 6.92 Å². The Balaban J connectivity index is 2.09. The second-order valence-corrected chi connectivity index (χ2v) is 5.45. The Labute approximate surface area is 121 Å². The first-order valence-electron chi connectivity index (χ1n) is 6.60. The maximum atomic E-state index is 13.3. The topological polar surface area (TPSA) is 89.9 Å². The van der Waals surface area contributed by atoms with Crippen LogP contribution in [0.3, 0.4) is 0 Å². The van der Waals surface area contributed by atoms with E-state index < -0.39 is 29.0 Å². The standard InChI is InChI=1S/C14H17FN2O4/c1-14(21)5-2-6-17(8-14)13(20)16-9-3-4-11(15)10(7-9)12(18)19/h3-4,7,21H,2,5-6,8H2,1H3,(H,16,20)(H,18,19). The molecule has 1 aliphatic heterocycles. The van der Waals surface area contributed by atoms with E-state index in [1.807, 2.05) is 0 Å². The fraction of sp³-hybridized carbons (Fsp3) is 0.429. The van der Waals surface area contributed by atoms with Crippen LogP contribution in [0.1, 0.15) is 30.1 Å². The molecule has 3 N–H and O–H groups in total. The summed E-state index contributed by atoms with van der Waals surface area (Å²) >= 11 is 0. The fourth-order valence-electron chi connectivity index (χ4n) is 2.36. The Hall–Kier alpha value is -2.15.